The number of rotatable bonds is 0. The van der Waals surface area contributed by atoms with Gasteiger partial charge in [-0.1, -0.05) is 6.08 Å². The average Bonchev–Trinajstić information content (AvgIpc) is 2.35. The fourth-order valence-corrected chi connectivity index (χ4v) is 1.42. The van der Waals surface area contributed by atoms with E-state index in [-0.39, 0.29) is 0 Å². The molecule has 3 heteroatoms. The second-order valence-electron chi connectivity index (χ2n) is 2.87. The Morgan fingerprint density at radius 1 is 1.64 bits per heavy atom. The lowest BCUT2D eigenvalue weighted by Crippen LogP contribution is -2.32. The molecule has 0 radical (unpaired) electrons. The fraction of sp³-hybridized carbons (Fsp3) is 0.375. The van der Waals surface area contributed by atoms with E-state index >= 15 is 0 Å². The number of hydrogen-bond donors (Lipinski definition) is 1. The zero-order valence-corrected chi connectivity index (χ0v) is 6.54. The summed E-state index contributed by atoms with van der Waals surface area (Å²) in [5.74, 6) is 1.02. The molecule has 0 aromatic carbocycles. The number of fused-ring (bicyclic) bond motifs is 1. The Morgan fingerprint density at radius 2 is 2.45 bits per heavy atom. The maximum Gasteiger partial charge on any atom is 0.137 e. The van der Waals surface area contributed by atoms with E-state index in [1.807, 2.05) is 7.05 Å². The molecule has 0 bridgehead atoms. The normalized spacial score (nSPS) is 22.3. The summed E-state index contributed by atoms with van der Waals surface area (Å²) in [6.45, 7) is 1.05. The molecule has 0 atom stereocenters. The van der Waals surface area contributed by atoms with Crippen molar-refractivity contribution in [1.82, 2.24) is 4.90 Å². The van der Waals surface area contributed by atoms with Crippen LogP contribution in [0.5, 0.6) is 0 Å². The van der Waals surface area contributed by atoms with Gasteiger partial charge in [0.15, 0.2) is 0 Å². The monoisotopic (exact) mass is 149 g/mol. The zero-order valence-electron chi connectivity index (χ0n) is 6.54. The molecule has 58 valence electrons. The molecule has 0 spiro atoms. The van der Waals surface area contributed by atoms with Gasteiger partial charge in [-0.25, -0.2) is 4.99 Å². The molecule has 0 saturated carbocycles. The quantitative estimate of drug-likeness (QED) is 0.543. The van der Waals surface area contributed by atoms with Crippen LogP contribution in [0.3, 0.4) is 0 Å². The maximum atomic E-state index is 5.70. The van der Waals surface area contributed by atoms with Crippen LogP contribution >= 0.6 is 0 Å². The van der Waals surface area contributed by atoms with Crippen molar-refractivity contribution < 1.29 is 0 Å². The third-order valence-electron chi connectivity index (χ3n) is 2.05. The lowest BCUT2D eigenvalue weighted by atomic mass is 10.1. The number of nitrogens with zero attached hydrogens (tertiary/aromatic N) is 2. The molecule has 0 aromatic heterocycles. The molecule has 2 N–H and O–H groups in total. The van der Waals surface area contributed by atoms with Gasteiger partial charge in [-0.05, 0) is 6.42 Å². The Bertz CT molecular complexity index is 273. The fourth-order valence-electron chi connectivity index (χ4n) is 1.42. The van der Waals surface area contributed by atoms with E-state index in [9.17, 15) is 0 Å². The highest BCUT2D eigenvalue weighted by Crippen LogP contribution is 2.20. The SMILES string of the molecule is CN1CCC=C2C(N)=CN=C21. The molecule has 0 aliphatic carbocycles. The van der Waals surface area contributed by atoms with E-state index in [2.05, 4.69) is 16.0 Å². The molecular formula is C8H11N3. The first-order valence-corrected chi connectivity index (χ1v) is 3.74. The molecule has 2 aliphatic heterocycles. The van der Waals surface area contributed by atoms with E-state index in [1.165, 1.54) is 0 Å². The van der Waals surface area contributed by atoms with Crippen LogP contribution in [0.1, 0.15) is 6.42 Å². The third kappa shape index (κ3) is 0.843. The number of hydrogen-bond acceptors (Lipinski definition) is 3. The molecule has 0 amide bonds. The van der Waals surface area contributed by atoms with Gasteiger partial charge in [0.05, 0.1) is 11.9 Å². The number of aliphatic imine (C=N–C) groups is 1. The van der Waals surface area contributed by atoms with Crippen LogP contribution < -0.4 is 5.73 Å². The molecular weight excluding hydrogens is 138 g/mol. The lowest BCUT2D eigenvalue weighted by Gasteiger charge is -2.23. The second-order valence-corrected chi connectivity index (χ2v) is 2.87. The molecule has 0 aromatic rings. The number of amidine groups is 1. The van der Waals surface area contributed by atoms with Crippen LogP contribution in [0.4, 0.5) is 0 Å². The van der Waals surface area contributed by atoms with Crippen LogP contribution in [0.25, 0.3) is 0 Å². The number of nitrogens with two attached hydrogens (primary N) is 1. The van der Waals surface area contributed by atoms with Crippen LogP contribution in [0, 0.1) is 0 Å². The Hall–Kier alpha value is -1.25. The van der Waals surface area contributed by atoms with Gasteiger partial charge in [-0.15, -0.1) is 0 Å². The standard InChI is InChI=1S/C8H11N3/c1-11-4-2-3-6-7(9)5-10-8(6)11/h3,5H,2,4,9H2,1H3. The summed E-state index contributed by atoms with van der Waals surface area (Å²) < 4.78 is 0. The lowest BCUT2D eigenvalue weighted by molar-refractivity contribution is 0.504. The molecule has 0 unspecified atom stereocenters. The predicted molar refractivity (Wildman–Crippen MR) is 45.0 cm³/mol. The van der Waals surface area contributed by atoms with Gasteiger partial charge in [0.2, 0.25) is 0 Å². The van der Waals surface area contributed by atoms with Crippen molar-refractivity contribution in [2.75, 3.05) is 13.6 Å². The van der Waals surface area contributed by atoms with Crippen LogP contribution in [0.15, 0.2) is 28.5 Å². The van der Waals surface area contributed by atoms with Crippen molar-refractivity contribution in [1.29, 1.82) is 0 Å². The van der Waals surface area contributed by atoms with E-state index < -0.39 is 0 Å². The van der Waals surface area contributed by atoms with Gasteiger partial charge >= 0.3 is 0 Å². The summed E-state index contributed by atoms with van der Waals surface area (Å²) in [5.41, 5.74) is 7.61. The Labute approximate surface area is 65.9 Å². The van der Waals surface area contributed by atoms with E-state index in [0.29, 0.717) is 0 Å². The van der Waals surface area contributed by atoms with Gasteiger partial charge in [0.1, 0.15) is 5.84 Å². The topological polar surface area (TPSA) is 41.6 Å². The molecule has 3 nitrogen and oxygen atoms in total. The smallest absolute Gasteiger partial charge is 0.137 e. The second kappa shape index (κ2) is 2.12. The van der Waals surface area contributed by atoms with E-state index in [0.717, 1.165) is 30.1 Å². The first-order valence-electron chi connectivity index (χ1n) is 3.74. The summed E-state index contributed by atoms with van der Waals surface area (Å²) in [5, 5.41) is 0. The van der Waals surface area contributed by atoms with Crippen molar-refractivity contribution in [3.63, 3.8) is 0 Å². The van der Waals surface area contributed by atoms with Gasteiger partial charge in [0.25, 0.3) is 0 Å². The average molecular weight is 149 g/mol. The van der Waals surface area contributed by atoms with Crippen molar-refractivity contribution >= 4 is 5.84 Å². The summed E-state index contributed by atoms with van der Waals surface area (Å²) in [7, 11) is 2.04. The largest absolute Gasteiger partial charge is 0.397 e. The van der Waals surface area contributed by atoms with Crippen molar-refractivity contribution in [3.8, 4) is 0 Å². The van der Waals surface area contributed by atoms with Gasteiger partial charge in [0, 0.05) is 19.2 Å². The minimum absolute atomic E-state index is 0.798. The predicted octanol–water partition coefficient (Wildman–Crippen LogP) is 0.461. The first kappa shape index (κ1) is 6.46. The van der Waals surface area contributed by atoms with Crippen molar-refractivity contribution in [2.24, 2.45) is 10.7 Å². The van der Waals surface area contributed by atoms with Crippen LogP contribution in [0.2, 0.25) is 0 Å². The molecule has 11 heavy (non-hydrogen) atoms. The van der Waals surface area contributed by atoms with Crippen LogP contribution in [-0.4, -0.2) is 24.3 Å². The van der Waals surface area contributed by atoms with E-state index in [1.54, 1.807) is 6.20 Å². The summed E-state index contributed by atoms with van der Waals surface area (Å²) >= 11 is 0. The third-order valence-corrected chi connectivity index (χ3v) is 2.05. The highest BCUT2D eigenvalue weighted by Gasteiger charge is 2.21. The summed E-state index contributed by atoms with van der Waals surface area (Å²) in [6.07, 6.45) is 4.94. The van der Waals surface area contributed by atoms with Crippen molar-refractivity contribution in [3.05, 3.63) is 23.5 Å². The molecule has 0 saturated heterocycles. The summed E-state index contributed by atoms with van der Waals surface area (Å²) in [4.78, 5) is 6.34. The molecule has 2 heterocycles. The highest BCUT2D eigenvalue weighted by molar-refractivity contribution is 6.04. The van der Waals surface area contributed by atoms with E-state index in [4.69, 9.17) is 5.73 Å². The van der Waals surface area contributed by atoms with Gasteiger partial charge in [-0.2, -0.15) is 0 Å². The first-order chi connectivity index (χ1) is 5.29. The molecule has 2 rings (SSSR count). The minimum atomic E-state index is 0.798. The van der Waals surface area contributed by atoms with Gasteiger partial charge in [-0.3, -0.25) is 0 Å². The minimum Gasteiger partial charge on any atom is -0.397 e. The Kier molecular flexibility index (Phi) is 1.24. The molecule has 0 fully saturated rings. The Balaban J connectivity index is 2.39. The Morgan fingerprint density at radius 3 is 3.18 bits per heavy atom. The zero-order chi connectivity index (χ0) is 7.84. The summed E-state index contributed by atoms with van der Waals surface area (Å²) in [6, 6.07) is 0. The highest BCUT2D eigenvalue weighted by atomic mass is 15.2. The molecule has 2 aliphatic rings. The van der Waals surface area contributed by atoms with Crippen molar-refractivity contribution in [2.45, 2.75) is 6.42 Å². The van der Waals surface area contributed by atoms with Gasteiger partial charge < -0.3 is 10.6 Å². The maximum absolute atomic E-state index is 5.70. The number of likely N-dealkylation sites (N-methyl/N-ethyl adjacent to an activating group) is 1. The van der Waals surface area contributed by atoms with Crippen LogP contribution in [-0.2, 0) is 0 Å².